The predicted octanol–water partition coefficient (Wildman–Crippen LogP) is 1.32. The van der Waals surface area contributed by atoms with Gasteiger partial charge in [0.1, 0.15) is 0 Å². The first-order valence-electron chi connectivity index (χ1n) is 8.70. The van der Waals surface area contributed by atoms with Gasteiger partial charge in [-0.15, -0.1) is 0 Å². The summed E-state index contributed by atoms with van der Waals surface area (Å²) in [5, 5.41) is 0. The molecule has 1 aromatic rings. The van der Waals surface area contributed by atoms with Crippen LogP contribution in [0.3, 0.4) is 0 Å². The van der Waals surface area contributed by atoms with Gasteiger partial charge in [0.15, 0.2) is 0 Å². The summed E-state index contributed by atoms with van der Waals surface area (Å²) in [6.07, 6.45) is 5.04. The highest BCUT2D eigenvalue weighted by atomic mass is 16.5. The van der Waals surface area contributed by atoms with Gasteiger partial charge in [-0.2, -0.15) is 0 Å². The fraction of sp³-hybridized carbons (Fsp3) is 0.611. The number of rotatable bonds is 2. The maximum atomic E-state index is 13.2. The smallest absolute Gasteiger partial charge is 0.235 e. The number of likely N-dealkylation sites (tertiary alicyclic amines) is 1. The van der Waals surface area contributed by atoms with Gasteiger partial charge in [0.2, 0.25) is 11.8 Å². The van der Waals surface area contributed by atoms with Crippen molar-refractivity contribution < 1.29 is 14.3 Å². The van der Waals surface area contributed by atoms with E-state index in [1.54, 1.807) is 12.4 Å². The molecule has 0 aromatic carbocycles. The summed E-state index contributed by atoms with van der Waals surface area (Å²) >= 11 is 0. The first-order valence-corrected chi connectivity index (χ1v) is 8.70. The molecule has 3 aliphatic rings. The predicted molar refractivity (Wildman–Crippen MR) is 88.3 cm³/mol. The molecule has 0 N–H and O–H groups in total. The standard InChI is InChI=1S/C18H23N3O3/c1-13-10-20(16(22)14-4-8-24-11-14)12-18(13)5-7-21(17(18)23)15-3-2-6-19-9-15/h2-3,6,9,13-14H,4-5,7-8,10-12H2,1H3/t13-,14+,18-/m0/s1. The van der Waals surface area contributed by atoms with Crippen LogP contribution >= 0.6 is 0 Å². The molecule has 0 aliphatic carbocycles. The van der Waals surface area contributed by atoms with E-state index >= 15 is 0 Å². The molecule has 0 radical (unpaired) electrons. The van der Waals surface area contributed by atoms with Gasteiger partial charge in [-0.05, 0) is 30.9 Å². The fourth-order valence-electron chi connectivity index (χ4n) is 4.37. The van der Waals surface area contributed by atoms with E-state index in [2.05, 4.69) is 11.9 Å². The molecule has 0 unspecified atom stereocenters. The van der Waals surface area contributed by atoms with Crippen LogP contribution in [0.1, 0.15) is 19.8 Å². The number of aromatic nitrogens is 1. The molecule has 2 amide bonds. The van der Waals surface area contributed by atoms with Crippen LogP contribution in [0.4, 0.5) is 5.69 Å². The van der Waals surface area contributed by atoms with Crippen molar-refractivity contribution in [3.8, 4) is 0 Å². The zero-order chi connectivity index (χ0) is 16.7. The number of hydrogen-bond donors (Lipinski definition) is 0. The van der Waals surface area contributed by atoms with E-state index in [0.29, 0.717) is 32.8 Å². The van der Waals surface area contributed by atoms with Crippen molar-refractivity contribution in [2.75, 3.05) is 37.7 Å². The van der Waals surface area contributed by atoms with Crippen molar-refractivity contribution in [3.63, 3.8) is 0 Å². The lowest BCUT2D eigenvalue weighted by atomic mass is 9.78. The molecule has 6 nitrogen and oxygen atoms in total. The van der Waals surface area contributed by atoms with E-state index in [9.17, 15) is 9.59 Å². The Balaban J connectivity index is 1.53. The molecule has 4 heterocycles. The van der Waals surface area contributed by atoms with E-state index in [-0.39, 0.29) is 23.7 Å². The zero-order valence-electron chi connectivity index (χ0n) is 14.0. The first kappa shape index (κ1) is 15.6. The summed E-state index contributed by atoms with van der Waals surface area (Å²) in [6, 6.07) is 3.77. The molecular formula is C18H23N3O3. The van der Waals surface area contributed by atoms with Crippen LogP contribution in [0.25, 0.3) is 0 Å². The highest BCUT2D eigenvalue weighted by Crippen LogP contribution is 2.46. The number of carbonyl (C=O) groups is 2. The number of nitrogens with zero attached hydrogens (tertiary/aromatic N) is 3. The van der Waals surface area contributed by atoms with Crippen LogP contribution in [0.2, 0.25) is 0 Å². The molecule has 1 aromatic heterocycles. The summed E-state index contributed by atoms with van der Waals surface area (Å²) < 4.78 is 5.35. The number of ether oxygens (including phenoxy) is 1. The third kappa shape index (κ3) is 2.32. The van der Waals surface area contributed by atoms with Crippen molar-refractivity contribution >= 4 is 17.5 Å². The summed E-state index contributed by atoms with van der Waals surface area (Å²) in [5.41, 5.74) is 0.408. The van der Waals surface area contributed by atoms with Crippen molar-refractivity contribution in [3.05, 3.63) is 24.5 Å². The largest absolute Gasteiger partial charge is 0.381 e. The number of amides is 2. The quantitative estimate of drug-likeness (QED) is 0.821. The molecule has 6 heteroatoms. The minimum Gasteiger partial charge on any atom is -0.381 e. The van der Waals surface area contributed by atoms with Crippen molar-refractivity contribution in [2.45, 2.75) is 19.8 Å². The molecule has 3 atom stereocenters. The van der Waals surface area contributed by atoms with E-state index in [1.807, 2.05) is 21.9 Å². The van der Waals surface area contributed by atoms with Gasteiger partial charge < -0.3 is 14.5 Å². The Morgan fingerprint density at radius 3 is 3.04 bits per heavy atom. The second kappa shape index (κ2) is 5.84. The number of pyridine rings is 1. The molecule has 3 saturated heterocycles. The summed E-state index contributed by atoms with van der Waals surface area (Å²) in [6.45, 7) is 5.19. The van der Waals surface area contributed by atoms with Crippen LogP contribution in [0.15, 0.2) is 24.5 Å². The summed E-state index contributed by atoms with van der Waals surface area (Å²) in [5.74, 6) is 0.445. The first-order chi connectivity index (χ1) is 11.6. The molecule has 1 spiro atoms. The second-order valence-electron chi connectivity index (χ2n) is 7.25. The van der Waals surface area contributed by atoms with Gasteiger partial charge in [-0.3, -0.25) is 14.6 Å². The monoisotopic (exact) mass is 329 g/mol. The number of anilines is 1. The van der Waals surface area contributed by atoms with E-state index in [0.717, 1.165) is 18.5 Å². The van der Waals surface area contributed by atoms with Crippen LogP contribution in [-0.2, 0) is 14.3 Å². The van der Waals surface area contributed by atoms with Gasteiger partial charge in [0, 0.05) is 32.4 Å². The Labute approximate surface area is 141 Å². The minimum absolute atomic E-state index is 0.0294. The summed E-state index contributed by atoms with van der Waals surface area (Å²) in [7, 11) is 0. The number of hydrogen-bond acceptors (Lipinski definition) is 4. The van der Waals surface area contributed by atoms with Crippen LogP contribution in [0.5, 0.6) is 0 Å². The highest BCUT2D eigenvalue weighted by Gasteiger charge is 2.56. The average Bonchev–Trinajstić information content (AvgIpc) is 3.31. The lowest BCUT2D eigenvalue weighted by Gasteiger charge is -2.26. The Kier molecular flexibility index (Phi) is 3.79. The third-order valence-electron chi connectivity index (χ3n) is 5.91. The normalized spacial score (nSPS) is 33.0. The van der Waals surface area contributed by atoms with E-state index in [1.165, 1.54) is 0 Å². The Morgan fingerprint density at radius 2 is 2.33 bits per heavy atom. The van der Waals surface area contributed by atoms with Gasteiger partial charge >= 0.3 is 0 Å². The van der Waals surface area contributed by atoms with Crippen LogP contribution in [0, 0.1) is 17.3 Å². The molecule has 4 rings (SSSR count). The SMILES string of the molecule is C[C@H]1CN(C(=O)[C@@H]2CCOC2)C[C@@]12CCN(c1cccnc1)C2=O. The Morgan fingerprint density at radius 1 is 1.46 bits per heavy atom. The molecule has 24 heavy (non-hydrogen) atoms. The Hall–Kier alpha value is -1.95. The van der Waals surface area contributed by atoms with Crippen molar-refractivity contribution in [1.29, 1.82) is 0 Å². The minimum atomic E-state index is -0.440. The van der Waals surface area contributed by atoms with Crippen molar-refractivity contribution in [1.82, 2.24) is 9.88 Å². The molecular weight excluding hydrogens is 306 g/mol. The van der Waals surface area contributed by atoms with Gasteiger partial charge in [-0.25, -0.2) is 0 Å². The van der Waals surface area contributed by atoms with Gasteiger partial charge in [-0.1, -0.05) is 6.92 Å². The average molecular weight is 329 g/mol. The molecule has 0 bridgehead atoms. The lowest BCUT2D eigenvalue weighted by molar-refractivity contribution is -0.135. The van der Waals surface area contributed by atoms with Crippen LogP contribution in [-0.4, -0.2) is 54.5 Å². The third-order valence-corrected chi connectivity index (χ3v) is 5.91. The second-order valence-corrected chi connectivity index (χ2v) is 7.25. The Bertz CT molecular complexity index is 644. The topological polar surface area (TPSA) is 62.7 Å². The molecule has 0 saturated carbocycles. The highest BCUT2D eigenvalue weighted by molar-refractivity contribution is 6.01. The van der Waals surface area contributed by atoms with Gasteiger partial charge in [0.05, 0.1) is 29.8 Å². The van der Waals surface area contributed by atoms with Crippen molar-refractivity contribution in [2.24, 2.45) is 17.3 Å². The van der Waals surface area contributed by atoms with E-state index in [4.69, 9.17) is 4.74 Å². The lowest BCUT2D eigenvalue weighted by Crippen LogP contribution is -2.41. The van der Waals surface area contributed by atoms with Crippen LogP contribution < -0.4 is 4.90 Å². The van der Waals surface area contributed by atoms with E-state index < -0.39 is 5.41 Å². The zero-order valence-corrected chi connectivity index (χ0v) is 14.0. The maximum absolute atomic E-state index is 13.2. The maximum Gasteiger partial charge on any atom is 0.235 e. The molecule has 3 aliphatic heterocycles. The number of carbonyl (C=O) groups excluding carboxylic acids is 2. The molecule has 128 valence electrons. The molecule has 3 fully saturated rings. The van der Waals surface area contributed by atoms with Gasteiger partial charge in [0.25, 0.3) is 0 Å². The fourth-order valence-corrected chi connectivity index (χ4v) is 4.37. The summed E-state index contributed by atoms with van der Waals surface area (Å²) in [4.78, 5) is 33.7.